The summed E-state index contributed by atoms with van der Waals surface area (Å²) in [5, 5.41) is 11.8. The third-order valence-corrected chi connectivity index (χ3v) is 3.94. The number of amides is 1. The summed E-state index contributed by atoms with van der Waals surface area (Å²) in [5.74, 6) is -1.10. The highest BCUT2D eigenvalue weighted by molar-refractivity contribution is 5.80. The molecular formula is C22H27NO4. The van der Waals surface area contributed by atoms with E-state index in [0.29, 0.717) is 0 Å². The van der Waals surface area contributed by atoms with Gasteiger partial charge in [-0.15, -0.1) is 0 Å². The van der Waals surface area contributed by atoms with E-state index in [1.807, 2.05) is 24.3 Å². The normalized spacial score (nSPS) is 12.3. The smallest absolute Gasteiger partial charge is 0.408 e. The number of benzene rings is 2. The van der Waals surface area contributed by atoms with Crippen LogP contribution in [0.4, 0.5) is 4.79 Å². The molecule has 0 aliphatic heterocycles. The van der Waals surface area contributed by atoms with Crippen LogP contribution in [0.2, 0.25) is 0 Å². The zero-order chi connectivity index (χ0) is 20.2. The van der Waals surface area contributed by atoms with Crippen LogP contribution in [0.3, 0.4) is 0 Å². The monoisotopic (exact) mass is 369 g/mol. The molecule has 0 heterocycles. The molecule has 1 atom stereocenters. The number of aryl methyl sites for hydroxylation is 2. The molecule has 0 bridgehead atoms. The van der Waals surface area contributed by atoms with Crippen molar-refractivity contribution in [3.05, 3.63) is 59.2 Å². The topological polar surface area (TPSA) is 75.6 Å². The second kappa shape index (κ2) is 8.25. The lowest BCUT2D eigenvalue weighted by Gasteiger charge is -2.22. The molecule has 5 nitrogen and oxygen atoms in total. The van der Waals surface area contributed by atoms with Gasteiger partial charge in [-0.25, -0.2) is 9.59 Å². The number of ether oxygens (including phenoxy) is 1. The number of hydrogen-bond acceptors (Lipinski definition) is 3. The van der Waals surface area contributed by atoms with Gasteiger partial charge in [0.25, 0.3) is 0 Å². The zero-order valence-electron chi connectivity index (χ0n) is 16.5. The number of hydrogen-bond donors (Lipinski definition) is 2. The molecule has 144 valence electrons. The van der Waals surface area contributed by atoms with Gasteiger partial charge in [0.1, 0.15) is 11.6 Å². The summed E-state index contributed by atoms with van der Waals surface area (Å²) < 4.78 is 5.14. The molecule has 2 N–H and O–H groups in total. The highest BCUT2D eigenvalue weighted by atomic mass is 16.6. The number of rotatable bonds is 5. The van der Waals surface area contributed by atoms with Gasteiger partial charge in [0.05, 0.1) is 0 Å². The van der Waals surface area contributed by atoms with Crippen LogP contribution >= 0.6 is 0 Å². The van der Waals surface area contributed by atoms with E-state index in [-0.39, 0.29) is 6.42 Å². The van der Waals surface area contributed by atoms with Crippen LogP contribution in [0, 0.1) is 13.8 Å². The highest BCUT2D eigenvalue weighted by Crippen LogP contribution is 2.23. The first kappa shape index (κ1) is 20.5. The second-order valence-electron chi connectivity index (χ2n) is 7.81. The predicted octanol–water partition coefficient (Wildman–Crippen LogP) is 4.49. The quantitative estimate of drug-likeness (QED) is 0.814. The summed E-state index contributed by atoms with van der Waals surface area (Å²) in [7, 11) is 0. The van der Waals surface area contributed by atoms with Gasteiger partial charge in [-0.3, -0.25) is 0 Å². The summed E-state index contributed by atoms with van der Waals surface area (Å²) in [6.45, 7) is 9.31. The number of carboxylic acids is 1. The fourth-order valence-electron chi connectivity index (χ4n) is 2.86. The van der Waals surface area contributed by atoms with Crippen LogP contribution < -0.4 is 5.32 Å². The van der Waals surface area contributed by atoms with E-state index in [1.54, 1.807) is 20.8 Å². The minimum Gasteiger partial charge on any atom is -0.480 e. The largest absolute Gasteiger partial charge is 0.480 e. The standard InChI is InChI=1S/C22H27NO4/c1-14-10-15(2)12-18(11-14)17-8-6-16(7-9-17)13-19(20(24)25)23-21(26)27-22(3,4)5/h6-12,19H,13H2,1-5H3,(H,23,26)(H,24,25). The molecule has 0 aliphatic rings. The molecule has 0 saturated heterocycles. The van der Waals surface area contributed by atoms with Crippen molar-refractivity contribution >= 4 is 12.1 Å². The molecule has 0 fully saturated rings. The zero-order valence-corrected chi connectivity index (χ0v) is 16.5. The fourth-order valence-corrected chi connectivity index (χ4v) is 2.86. The van der Waals surface area contributed by atoms with Crippen LogP contribution in [-0.4, -0.2) is 28.8 Å². The molecule has 2 aromatic carbocycles. The number of carboxylic acid groups (broad SMARTS) is 1. The van der Waals surface area contributed by atoms with Crippen molar-refractivity contribution < 1.29 is 19.4 Å². The lowest BCUT2D eigenvalue weighted by atomic mass is 9.98. The Balaban J connectivity index is 2.10. The second-order valence-corrected chi connectivity index (χ2v) is 7.81. The Morgan fingerprint density at radius 3 is 2.04 bits per heavy atom. The Bertz CT molecular complexity index is 799. The van der Waals surface area contributed by atoms with Crippen LogP contribution in [0.25, 0.3) is 11.1 Å². The van der Waals surface area contributed by atoms with Crippen molar-refractivity contribution in [2.24, 2.45) is 0 Å². The first-order valence-electron chi connectivity index (χ1n) is 8.93. The van der Waals surface area contributed by atoms with Gasteiger partial charge >= 0.3 is 12.1 Å². The van der Waals surface area contributed by atoms with E-state index >= 15 is 0 Å². The molecule has 0 radical (unpaired) electrons. The number of carbonyl (C=O) groups excluding carboxylic acids is 1. The molecule has 0 aliphatic carbocycles. The maximum Gasteiger partial charge on any atom is 0.408 e. The SMILES string of the molecule is Cc1cc(C)cc(-c2ccc(CC(NC(=O)OC(C)(C)C)C(=O)O)cc2)c1. The molecule has 2 aromatic rings. The average Bonchev–Trinajstić information content (AvgIpc) is 2.52. The maximum absolute atomic E-state index is 11.9. The number of aliphatic carboxylic acids is 1. The van der Waals surface area contributed by atoms with Gasteiger partial charge in [-0.05, 0) is 51.3 Å². The Labute approximate surface area is 160 Å². The average molecular weight is 369 g/mol. The van der Waals surface area contributed by atoms with Crippen molar-refractivity contribution in [2.75, 3.05) is 0 Å². The van der Waals surface area contributed by atoms with Crippen LogP contribution in [0.15, 0.2) is 42.5 Å². The van der Waals surface area contributed by atoms with Gasteiger partial charge in [-0.2, -0.15) is 0 Å². The summed E-state index contributed by atoms with van der Waals surface area (Å²) in [6, 6.07) is 13.0. The number of carbonyl (C=O) groups is 2. The highest BCUT2D eigenvalue weighted by Gasteiger charge is 2.24. The van der Waals surface area contributed by atoms with Crippen LogP contribution in [-0.2, 0) is 16.0 Å². The van der Waals surface area contributed by atoms with Crippen LogP contribution in [0.5, 0.6) is 0 Å². The van der Waals surface area contributed by atoms with Gasteiger partial charge in [0.2, 0.25) is 0 Å². The van der Waals surface area contributed by atoms with Crippen molar-refractivity contribution in [3.8, 4) is 11.1 Å². The molecule has 0 aromatic heterocycles. The predicted molar refractivity (Wildman–Crippen MR) is 106 cm³/mol. The van der Waals surface area contributed by atoms with Crippen molar-refractivity contribution in [2.45, 2.75) is 52.7 Å². The van der Waals surface area contributed by atoms with E-state index in [2.05, 4.69) is 37.4 Å². The Kier molecular flexibility index (Phi) is 6.26. The number of alkyl carbamates (subject to hydrolysis) is 1. The molecule has 1 amide bonds. The van der Waals surface area contributed by atoms with Crippen molar-refractivity contribution in [1.29, 1.82) is 0 Å². The van der Waals surface area contributed by atoms with E-state index < -0.39 is 23.7 Å². The summed E-state index contributed by atoms with van der Waals surface area (Å²) >= 11 is 0. The number of nitrogens with one attached hydrogen (secondary N) is 1. The Morgan fingerprint density at radius 1 is 1.00 bits per heavy atom. The van der Waals surface area contributed by atoms with Crippen molar-refractivity contribution in [3.63, 3.8) is 0 Å². The van der Waals surface area contributed by atoms with E-state index in [4.69, 9.17) is 4.74 Å². The summed E-state index contributed by atoms with van der Waals surface area (Å²) in [6.07, 6.45) is -0.552. The molecule has 0 spiro atoms. The van der Waals surface area contributed by atoms with Crippen LogP contribution in [0.1, 0.15) is 37.5 Å². The maximum atomic E-state index is 11.9. The molecule has 27 heavy (non-hydrogen) atoms. The summed E-state index contributed by atoms with van der Waals surface area (Å²) in [5.41, 5.74) is 4.73. The minimum absolute atomic E-state index is 0.182. The molecule has 5 heteroatoms. The molecular weight excluding hydrogens is 342 g/mol. The first-order chi connectivity index (χ1) is 12.5. The third-order valence-electron chi connectivity index (χ3n) is 3.94. The molecule has 2 rings (SSSR count). The Morgan fingerprint density at radius 2 is 1.56 bits per heavy atom. The van der Waals surface area contributed by atoms with Gasteiger partial charge < -0.3 is 15.2 Å². The minimum atomic E-state index is -1.10. The Hall–Kier alpha value is -2.82. The molecule has 0 saturated carbocycles. The summed E-state index contributed by atoms with van der Waals surface area (Å²) in [4.78, 5) is 23.4. The lowest BCUT2D eigenvalue weighted by molar-refractivity contribution is -0.139. The van der Waals surface area contributed by atoms with E-state index in [0.717, 1.165) is 16.7 Å². The molecule has 1 unspecified atom stereocenters. The lowest BCUT2D eigenvalue weighted by Crippen LogP contribution is -2.44. The fraction of sp³-hybridized carbons (Fsp3) is 0.364. The van der Waals surface area contributed by atoms with Gasteiger partial charge in [-0.1, -0.05) is 53.6 Å². The first-order valence-corrected chi connectivity index (χ1v) is 8.93. The van der Waals surface area contributed by atoms with Gasteiger partial charge in [0.15, 0.2) is 0 Å². The third kappa shape index (κ3) is 6.44. The van der Waals surface area contributed by atoms with Crippen molar-refractivity contribution in [1.82, 2.24) is 5.32 Å². The van der Waals surface area contributed by atoms with Gasteiger partial charge in [0, 0.05) is 6.42 Å². The van der Waals surface area contributed by atoms with E-state index in [9.17, 15) is 14.7 Å². The van der Waals surface area contributed by atoms with E-state index in [1.165, 1.54) is 11.1 Å².